The van der Waals surface area contributed by atoms with Gasteiger partial charge in [-0.15, -0.1) is 0 Å². The first-order chi connectivity index (χ1) is 11.2. The monoisotopic (exact) mass is 317 g/mol. The Morgan fingerprint density at radius 3 is 2.52 bits per heavy atom. The van der Waals surface area contributed by atoms with Gasteiger partial charge in [0.1, 0.15) is 0 Å². The zero-order valence-corrected chi connectivity index (χ0v) is 14.8. The standard InChI is InChI=1S/C19H31N3O/c1-4-16-8-5-6-9-17(16)14-21-18(20-2)22-15-19(10-7-11-19)12-13-23-3/h5-6,8-9H,4,7,10-15H2,1-3H3,(H2,20,21,22). The van der Waals surface area contributed by atoms with Crippen molar-refractivity contribution in [1.82, 2.24) is 10.6 Å². The normalized spacial score (nSPS) is 16.7. The summed E-state index contributed by atoms with van der Waals surface area (Å²) in [5.74, 6) is 0.889. The lowest BCUT2D eigenvalue weighted by molar-refractivity contribution is 0.0732. The topological polar surface area (TPSA) is 45.7 Å². The summed E-state index contributed by atoms with van der Waals surface area (Å²) in [6.45, 7) is 4.83. The average molecular weight is 317 g/mol. The highest BCUT2D eigenvalue weighted by Gasteiger charge is 2.36. The Balaban J connectivity index is 1.84. The van der Waals surface area contributed by atoms with Crippen LogP contribution in [0.5, 0.6) is 0 Å². The second-order valence-electron chi connectivity index (χ2n) is 6.50. The number of ether oxygens (including phenoxy) is 1. The minimum Gasteiger partial charge on any atom is -0.385 e. The van der Waals surface area contributed by atoms with Gasteiger partial charge in [-0.25, -0.2) is 0 Å². The van der Waals surface area contributed by atoms with E-state index in [2.05, 4.69) is 46.8 Å². The fraction of sp³-hybridized carbons (Fsp3) is 0.632. The van der Waals surface area contributed by atoms with Crippen LogP contribution in [0.25, 0.3) is 0 Å². The van der Waals surface area contributed by atoms with Crippen LogP contribution in [0.3, 0.4) is 0 Å². The van der Waals surface area contributed by atoms with Crippen LogP contribution in [0, 0.1) is 5.41 Å². The van der Waals surface area contributed by atoms with Crippen molar-refractivity contribution < 1.29 is 4.74 Å². The van der Waals surface area contributed by atoms with Gasteiger partial charge < -0.3 is 15.4 Å². The van der Waals surface area contributed by atoms with Crippen LogP contribution >= 0.6 is 0 Å². The summed E-state index contributed by atoms with van der Waals surface area (Å²) >= 11 is 0. The second kappa shape index (κ2) is 8.92. The first-order valence-electron chi connectivity index (χ1n) is 8.73. The minimum absolute atomic E-state index is 0.398. The van der Waals surface area contributed by atoms with Crippen LogP contribution in [0.4, 0.5) is 0 Å². The highest BCUT2D eigenvalue weighted by Crippen LogP contribution is 2.43. The predicted molar refractivity (Wildman–Crippen MR) is 96.8 cm³/mol. The van der Waals surface area contributed by atoms with Gasteiger partial charge in [0.25, 0.3) is 0 Å². The maximum atomic E-state index is 5.26. The first kappa shape index (κ1) is 17.8. The summed E-state index contributed by atoms with van der Waals surface area (Å²) in [4.78, 5) is 4.36. The van der Waals surface area contributed by atoms with Crippen molar-refractivity contribution >= 4 is 5.96 Å². The third-order valence-corrected chi connectivity index (χ3v) is 5.05. The van der Waals surface area contributed by atoms with E-state index in [-0.39, 0.29) is 0 Å². The van der Waals surface area contributed by atoms with Gasteiger partial charge in [-0.1, -0.05) is 37.6 Å². The fourth-order valence-electron chi connectivity index (χ4n) is 3.26. The molecule has 2 rings (SSSR count). The molecule has 0 atom stereocenters. The number of nitrogens with one attached hydrogen (secondary N) is 2. The molecule has 0 unspecified atom stereocenters. The number of hydrogen-bond donors (Lipinski definition) is 2. The van der Waals surface area contributed by atoms with Gasteiger partial charge in [0.15, 0.2) is 5.96 Å². The summed E-state index contributed by atoms with van der Waals surface area (Å²) in [7, 11) is 3.62. The molecule has 2 N–H and O–H groups in total. The molecule has 1 aliphatic carbocycles. The predicted octanol–water partition coefficient (Wildman–Crippen LogP) is 3.12. The molecule has 0 saturated heterocycles. The van der Waals surface area contributed by atoms with Crippen LogP contribution in [0.15, 0.2) is 29.3 Å². The Hall–Kier alpha value is -1.55. The molecule has 0 heterocycles. The van der Waals surface area contributed by atoms with Crippen LogP contribution in [0.1, 0.15) is 43.7 Å². The molecular formula is C19H31N3O. The molecule has 128 valence electrons. The molecule has 4 heteroatoms. The molecule has 0 radical (unpaired) electrons. The minimum atomic E-state index is 0.398. The van der Waals surface area contributed by atoms with E-state index < -0.39 is 0 Å². The number of aliphatic imine (C=N–C) groups is 1. The maximum Gasteiger partial charge on any atom is 0.191 e. The number of nitrogens with zero attached hydrogens (tertiary/aromatic N) is 1. The molecule has 23 heavy (non-hydrogen) atoms. The van der Waals surface area contributed by atoms with Gasteiger partial charge in [0.2, 0.25) is 0 Å². The number of guanidine groups is 1. The van der Waals surface area contributed by atoms with E-state index in [1.54, 1.807) is 7.11 Å². The van der Waals surface area contributed by atoms with E-state index in [9.17, 15) is 0 Å². The molecule has 1 aliphatic rings. The van der Waals surface area contributed by atoms with Gasteiger partial charge in [0, 0.05) is 33.9 Å². The second-order valence-corrected chi connectivity index (χ2v) is 6.50. The van der Waals surface area contributed by atoms with E-state index >= 15 is 0 Å². The van der Waals surface area contributed by atoms with E-state index in [0.717, 1.165) is 38.5 Å². The van der Waals surface area contributed by atoms with Crippen LogP contribution in [0.2, 0.25) is 0 Å². The summed E-state index contributed by atoms with van der Waals surface area (Å²) in [5, 5.41) is 6.96. The molecule has 0 spiro atoms. The van der Waals surface area contributed by atoms with Crippen LogP contribution in [-0.4, -0.2) is 33.3 Å². The molecule has 1 aromatic rings. The van der Waals surface area contributed by atoms with Gasteiger partial charge in [-0.05, 0) is 42.2 Å². The Kier molecular flexibility index (Phi) is 6.90. The number of hydrogen-bond acceptors (Lipinski definition) is 2. The lowest BCUT2D eigenvalue weighted by atomic mass is 9.67. The van der Waals surface area contributed by atoms with Crippen LogP contribution in [-0.2, 0) is 17.7 Å². The van der Waals surface area contributed by atoms with Crippen molar-refractivity contribution in [2.45, 2.75) is 45.6 Å². The third-order valence-electron chi connectivity index (χ3n) is 5.05. The van der Waals surface area contributed by atoms with E-state index in [1.165, 1.54) is 30.4 Å². The lowest BCUT2D eigenvalue weighted by Gasteiger charge is -2.42. The lowest BCUT2D eigenvalue weighted by Crippen LogP contribution is -2.46. The number of aryl methyl sites for hydroxylation is 1. The zero-order chi connectivity index (χ0) is 16.5. The molecule has 4 nitrogen and oxygen atoms in total. The third kappa shape index (κ3) is 4.96. The Morgan fingerprint density at radius 2 is 1.96 bits per heavy atom. The molecule has 1 saturated carbocycles. The van der Waals surface area contributed by atoms with E-state index in [0.29, 0.717) is 5.41 Å². The van der Waals surface area contributed by atoms with Crippen molar-refractivity contribution in [1.29, 1.82) is 0 Å². The smallest absolute Gasteiger partial charge is 0.191 e. The zero-order valence-electron chi connectivity index (χ0n) is 14.8. The molecule has 0 aromatic heterocycles. The SMILES string of the molecule is CCc1ccccc1CNC(=NC)NCC1(CCOC)CCC1. The Labute approximate surface area is 140 Å². The highest BCUT2D eigenvalue weighted by molar-refractivity contribution is 5.79. The summed E-state index contributed by atoms with van der Waals surface area (Å²) in [6, 6.07) is 8.58. The van der Waals surface area contributed by atoms with Gasteiger partial charge in [-0.2, -0.15) is 0 Å². The Morgan fingerprint density at radius 1 is 1.22 bits per heavy atom. The van der Waals surface area contributed by atoms with Gasteiger partial charge >= 0.3 is 0 Å². The van der Waals surface area contributed by atoms with Crippen molar-refractivity contribution in [3.8, 4) is 0 Å². The number of benzene rings is 1. The number of rotatable bonds is 8. The van der Waals surface area contributed by atoms with E-state index in [1.807, 2.05) is 7.05 Å². The molecule has 0 amide bonds. The van der Waals surface area contributed by atoms with Crippen molar-refractivity contribution in [2.24, 2.45) is 10.4 Å². The Bertz CT molecular complexity index is 509. The largest absolute Gasteiger partial charge is 0.385 e. The fourth-order valence-corrected chi connectivity index (χ4v) is 3.26. The molecule has 0 aliphatic heterocycles. The summed E-state index contributed by atoms with van der Waals surface area (Å²) < 4.78 is 5.26. The van der Waals surface area contributed by atoms with Crippen molar-refractivity contribution in [2.75, 3.05) is 27.3 Å². The molecule has 1 fully saturated rings. The summed E-state index contributed by atoms with van der Waals surface area (Å²) in [5.41, 5.74) is 3.14. The highest BCUT2D eigenvalue weighted by atomic mass is 16.5. The maximum absolute atomic E-state index is 5.26. The van der Waals surface area contributed by atoms with E-state index in [4.69, 9.17) is 4.74 Å². The average Bonchev–Trinajstić information content (AvgIpc) is 2.56. The molecule has 1 aromatic carbocycles. The van der Waals surface area contributed by atoms with Gasteiger partial charge in [-0.3, -0.25) is 4.99 Å². The first-order valence-corrected chi connectivity index (χ1v) is 8.73. The van der Waals surface area contributed by atoms with Crippen molar-refractivity contribution in [3.05, 3.63) is 35.4 Å². The van der Waals surface area contributed by atoms with Crippen molar-refractivity contribution in [3.63, 3.8) is 0 Å². The molecular weight excluding hydrogens is 286 g/mol. The quantitative estimate of drug-likeness (QED) is 0.572. The molecule has 0 bridgehead atoms. The number of methoxy groups -OCH3 is 1. The summed E-state index contributed by atoms with van der Waals surface area (Å²) in [6.07, 6.45) is 6.11. The van der Waals surface area contributed by atoms with Crippen LogP contribution < -0.4 is 10.6 Å². The van der Waals surface area contributed by atoms with Gasteiger partial charge in [0.05, 0.1) is 0 Å².